The van der Waals surface area contributed by atoms with Crippen LogP contribution in [0, 0.1) is 11.3 Å². The first kappa shape index (κ1) is 33.5. The van der Waals surface area contributed by atoms with Gasteiger partial charge in [-0.2, -0.15) is 9.57 Å². The third-order valence-electron chi connectivity index (χ3n) is 7.87. The summed E-state index contributed by atoms with van der Waals surface area (Å²) in [5.74, 6) is -1.03. The van der Waals surface area contributed by atoms with Crippen molar-refractivity contribution in [2.45, 2.75) is 43.9 Å². The lowest BCUT2D eigenvalue weighted by Crippen LogP contribution is -2.35. The van der Waals surface area contributed by atoms with E-state index in [0.717, 1.165) is 36.2 Å². The van der Waals surface area contributed by atoms with Gasteiger partial charge in [-0.25, -0.2) is 13.2 Å². The fraction of sp³-hybridized carbons (Fsp3) is 0.257. The van der Waals surface area contributed by atoms with Crippen LogP contribution in [0.15, 0.2) is 82.5 Å². The number of piperidine rings is 1. The first-order valence-electron chi connectivity index (χ1n) is 15.1. The Bertz CT molecular complexity index is 2140. The molecule has 47 heavy (non-hydrogen) atoms. The lowest BCUT2D eigenvalue weighted by molar-refractivity contribution is -0.111. The molecule has 5 rings (SSSR count). The number of hydrogen-bond acceptors (Lipinski definition) is 8. The summed E-state index contributed by atoms with van der Waals surface area (Å²) < 4.78 is 34.4. The zero-order valence-electron chi connectivity index (χ0n) is 26.2. The van der Waals surface area contributed by atoms with Gasteiger partial charge in [0.15, 0.2) is 5.57 Å². The molecule has 2 heterocycles. The van der Waals surface area contributed by atoms with E-state index in [-0.39, 0.29) is 31.3 Å². The molecule has 0 aliphatic carbocycles. The molecule has 1 fully saturated rings. The number of ether oxygens (including phenoxy) is 1. The Kier molecular flexibility index (Phi) is 10.2. The molecule has 0 saturated carbocycles. The lowest BCUT2D eigenvalue weighted by Gasteiger charge is -2.26. The van der Waals surface area contributed by atoms with E-state index >= 15 is 0 Å². The molecule has 12 heteroatoms. The number of amides is 1. The summed E-state index contributed by atoms with van der Waals surface area (Å²) in [5, 5.41) is 12.9. The highest BCUT2D eigenvalue weighted by atomic mass is 32.2. The van der Waals surface area contributed by atoms with Crippen molar-refractivity contribution in [2.24, 2.45) is 0 Å². The predicted octanol–water partition coefficient (Wildman–Crippen LogP) is 4.13. The minimum atomic E-state index is -3.75. The Morgan fingerprint density at radius 3 is 2.30 bits per heavy atom. The van der Waals surface area contributed by atoms with Crippen LogP contribution < -0.4 is 20.1 Å². The molecule has 1 amide bonds. The minimum absolute atomic E-state index is 0.0455. The molecule has 1 aliphatic rings. The second kappa shape index (κ2) is 14.3. The second-order valence-corrected chi connectivity index (χ2v) is 14.3. The molecular formula is C35H34N4O6S2. The molecule has 0 spiro atoms. The predicted molar refractivity (Wildman–Crippen MR) is 181 cm³/mol. The van der Waals surface area contributed by atoms with Crippen LogP contribution in [0.4, 0.5) is 5.69 Å². The number of sulfonamides is 1. The van der Waals surface area contributed by atoms with Crippen LogP contribution in [0.1, 0.15) is 60.5 Å². The zero-order chi connectivity index (χ0) is 33.7. The van der Waals surface area contributed by atoms with Gasteiger partial charge in [-0.15, -0.1) is 11.3 Å². The topological polar surface area (TPSA) is 139 Å². The summed E-state index contributed by atoms with van der Waals surface area (Å²) in [6.07, 6.45) is 4.18. The minimum Gasteiger partial charge on any atom is -0.465 e. The molecule has 1 aromatic heterocycles. The van der Waals surface area contributed by atoms with Crippen LogP contribution in [0.5, 0.6) is 0 Å². The van der Waals surface area contributed by atoms with E-state index in [1.54, 1.807) is 48.5 Å². The number of carbonyl (C=O) groups excluding carboxylic acids is 2. The Morgan fingerprint density at radius 2 is 1.68 bits per heavy atom. The number of rotatable bonds is 8. The summed E-state index contributed by atoms with van der Waals surface area (Å²) in [6.45, 7) is 4.98. The normalized spacial score (nSPS) is 14.8. The SMILES string of the molecule is COC(=O)c1ccc(/C=c2/s/c(=C(\C#N)C(=O)Nc3cccc(S(=O)(=O)N4CCCCC4)c3)n(-c3ccc(C(C)C)cc3)c2=O)cc1. The van der Waals surface area contributed by atoms with E-state index in [9.17, 15) is 28.1 Å². The van der Waals surface area contributed by atoms with E-state index in [1.165, 1.54) is 34.2 Å². The number of nitriles is 1. The molecule has 3 aromatic carbocycles. The van der Waals surface area contributed by atoms with Gasteiger partial charge in [0, 0.05) is 18.8 Å². The monoisotopic (exact) mass is 670 g/mol. The zero-order valence-corrected chi connectivity index (χ0v) is 27.9. The van der Waals surface area contributed by atoms with Crippen molar-refractivity contribution < 1.29 is 22.7 Å². The van der Waals surface area contributed by atoms with E-state index < -0.39 is 27.5 Å². The molecule has 0 bridgehead atoms. The summed E-state index contributed by atoms with van der Waals surface area (Å²) in [7, 11) is -2.46. The van der Waals surface area contributed by atoms with Crippen molar-refractivity contribution >= 4 is 50.6 Å². The third-order valence-corrected chi connectivity index (χ3v) is 10.9. The number of thiazole rings is 1. The number of anilines is 1. The van der Waals surface area contributed by atoms with Crippen LogP contribution in [-0.2, 0) is 19.6 Å². The first-order valence-corrected chi connectivity index (χ1v) is 17.4. The van der Waals surface area contributed by atoms with Gasteiger partial charge < -0.3 is 10.1 Å². The van der Waals surface area contributed by atoms with Crippen molar-refractivity contribution in [1.29, 1.82) is 5.26 Å². The Labute approximate surface area is 276 Å². The Balaban J connectivity index is 1.60. The van der Waals surface area contributed by atoms with Gasteiger partial charge in [0.25, 0.3) is 11.5 Å². The first-order chi connectivity index (χ1) is 22.5. The molecule has 1 aliphatic heterocycles. The second-order valence-electron chi connectivity index (χ2n) is 11.3. The number of esters is 1. The van der Waals surface area contributed by atoms with Crippen molar-refractivity contribution in [2.75, 3.05) is 25.5 Å². The van der Waals surface area contributed by atoms with E-state index in [0.29, 0.717) is 29.9 Å². The van der Waals surface area contributed by atoms with Gasteiger partial charge in [-0.1, -0.05) is 50.6 Å². The van der Waals surface area contributed by atoms with Gasteiger partial charge in [0.2, 0.25) is 10.0 Å². The highest BCUT2D eigenvalue weighted by Gasteiger charge is 2.26. The highest BCUT2D eigenvalue weighted by molar-refractivity contribution is 7.89. The van der Waals surface area contributed by atoms with Gasteiger partial charge in [0.05, 0.1) is 27.8 Å². The highest BCUT2D eigenvalue weighted by Crippen LogP contribution is 2.23. The number of nitrogens with one attached hydrogen (secondary N) is 1. The Morgan fingerprint density at radius 1 is 1.00 bits per heavy atom. The maximum atomic E-state index is 13.9. The number of hydrogen-bond donors (Lipinski definition) is 1. The Hall–Kier alpha value is -4.83. The summed E-state index contributed by atoms with van der Waals surface area (Å²) in [6, 6.07) is 21.7. The van der Waals surface area contributed by atoms with E-state index in [1.807, 2.05) is 18.2 Å². The lowest BCUT2D eigenvalue weighted by atomic mass is 10.0. The van der Waals surface area contributed by atoms with Crippen LogP contribution >= 0.6 is 11.3 Å². The fourth-order valence-corrected chi connectivity index (χ4v) is 7.92. The molecule has 242 valence electrons. The van der Waals surface area contributed by atoms with Gasteiger partial charge >= 0.3 is 5.97 Å². The molecule has 4 aromatic rings. The quantitative estimate of drug-likeness (QED) is 0.278. The van der Waals surface area contributed by atoms with Crippen LogP contribution in [0.2, 0.25) is 0 Å². The maximum Gasteiger partial charge on any atom is 0.337 e. The molecule has 1 saturated heterocycles. The fourth-order valence-electron chi connectivity index (χ4n) is 5.26. The largest absolute Gasteiger partial charge is 0.465 e. The van der Waals surface area contributed by atoms with Gasteiger partial charge in [-0.05, 0) is 78.4 Å². The van der Waals surface area contributed by atoms with E-state index in [4.69, 9.17) is 4.74 Å². The molecule has 0 radical (unpaired) electrons. The number of methoxy groups -OCH3 is 1. The molecule has 1 N–H and O–H groups in total. The maximum absolute atomic E-state index is 13.9. The van der Waals surface area contributed by atoms with Crippen molar-refractivity contribution in [3.8, 4) is 11.8 Å². The molecule has 0 unspecified atom stereocenters. The smallest absolute Gasteiger partial charge is 0.337 e. The average Bonchev–Trinajstić information content (AvgIpc) is 3.40. The van der Waals surface area contributed by atoms with Crippen LogP contribution in [-0.4, -0.2) is 49.4 Å². The number of carbonyl (C=O) groups is 2. The van der Waals surface area contributed by atoms with Crippen molar-refractivity contribution in [3.63, 3.8) is 0 Å². The average molecular weight is 671 g/mol. The number of nitrogens with zero attached hydrogens (tertiary/aromatic N) is 3. The van der Waals surface area contributed by atoms with Crippen LogP contribution in [0.3, 0.4) is 0 Å². The van der Waals surface area contributed by atoms with E-state index in [2.05, 4.69) is 19.2 Å². The third kappa shape index (κ3) is 7.28. The standard InChI is InChI=1S/C35H34N4O6S2/c1-23(2)25-14-16-28(17-15-25)39-33(41)31(20-24-10-12-26(13-11-24)35(42)45-3)46-34(39)30(22-36)32(40)37-27-8-7-9-29(21-27)47(43,44)38-18-5-4-6-19-38/h7-17,20-21,23H,4-6,18-19H2,1-3H3,(H,37,40)/b31-20+,34-30+. The van der Waals surface area contributed by atoms with Crippen molar-refractivity contribution in [3.05, 3.63) is 109 Å². The number of aromatic nitrogens is 1. The summed E-state index contributed by atoms with van der Waals surface area (Å²) >= 11 is 0.979. The molecule has 10 nitrogen and oxygen atoms in total. The summed E-state index contributed by atoms with van der Waals surface area (Å²) in [4.78, 5) is 39.4. The van der Waals surface area contributed by atoms with Crippen LogP contribution in [0.25, 0.3) is 17.3 Å². The molecular weight excluding hydrogens is 637 g/mol. The number of benzene rings is 3. The molecule has 0 atom stereocenters. The van der Waals surface area contributed by atoms with Crippen molar-refractivity contribution in [1.82, 2.24) is 8.87 Å². The van der Waals surface area contributed by atoms with Gasteiger partial charge in [-0.3, -0.25) is 14.2 Å². The van der Waals surface area contributed by atoms with Gasteiger partial charge in [0.1, 0.15) is 10.7 Å². The summed E-state index contributed by atoms with van der Waals surface area (Å²) in [5.41, 5.74) is 1.95.